The van der Waals surface area contributed by atoms with E-state index in [0.29, 0.717) is 5.65 Å². The normalized spacial score (nSPS) is 12.7. The maximum Gasteiger partial charge on any atom is 0.264 e. The van der Waals surface area contributed by atoms with Crippen molar-refractivity contribution in [3.05, 3.63) is 192 Å². The molecule has 0 aliphatic heterocycles. The molecule has 15 rings (SSSR count). The number of nitrogens with zero attached hydrogens (tertiary/aromatic N) is 2. The van der Waals surface area contributed by atoms with Crippen LogP contribution in [0.3, 0.4) is 0 Å². The van der Waals surface area contributed by atoms with Crippen LogP contribution in [0.5, 0.6) is 0 Å². The van der Waals surface area contributed by atoms with Crippen LogP contribution >= 0.6 is 0 Å². The Morgan fingerprint density at radius 3 is 1.30 bits per heavy atom. The van der Waals surface area contributed by atoms with Crippen LogP contribution in [0.1, 0.15) is 0 Å². The summed E-state index contributed by atoms with van der Waals surface area (Å²) in [5.41, 5.74) is 12.4. The summed E-state index contributed by atoms with van der Waals surface area (Å²) in [4.78, 5) is 19.5. The third-order valence-corrected chi connectivity index (χ3v) is 14.0. The number of fused-ring (bicyclic) bond motifs is 15. The molecule has 61 heavy (non-hydrogen) atoms. The number of imidazole rings is 1. The van der Waals surface area contributed by atoms with Crippen LogP contribution in [-0.4, -0.2) is 9.38 Å². The molecule has 0 spiro atoms. The van der Waals surface area contributed by atoms with E-state index >= 15 is 0 Å². The fraction of sp³-hybridized carbons (Fsp3) is 0. The lowest BCUT2D eigenvalue weighted by atomic mass is 9.79. The van der Waals surface area contributed by atoms with Gasteiger partial charge in [-0.15, -0.1) is 0 Å². The van der Waals surface area contributed by atoms with Gasteiger partial charge in [-0.25, -0.2) is 4.98 Å². The Kier molecular flexibility index (Phi) is 5.79. The molecule has 0 radical (unpaired) electrons. The second kappa shape index (κ2) is 11.1. The Balaban J connectivity index is 1.17. The number of hydrogen-bond donors (Lipinski definition) is 0. The molecule has 2 heterocycles. The molecule has 2 aromatic heterocycles. The first kappa shape index (κ1) is 31.8. The van der Waals surface area contributed by atoms with Gasteiger partial charge in [0.05, 0.1) is 11.0 Å². The molecular weight excluding hydrogens is 741 g/mol. The van der Waals surface area contributed by atoms with Crippen molar-refractivity contribution in [1.29, 1.82) is 0 Å². The van der Waals surface area contributed by atoms with Gasteiger partial charge >= 0.3 is 0 Å². The van der Waals surface area contributed by atoms with E-state index < -0.39 is 0 Å². The summed E-state index contributed by atoms with van der Waals surface area (Å²) >= 11 is 0. The minimum absolute atomic E-state index is 0.0242. The lowest BCUT2D eigenvalue weighted by molar-refractivity contribution is 1.19. The molecule has 1 aliphatic carbocycles. The van der Waals surface area contributed by atoms with Crippen molar-refractivity contribution in [3.8, 4) is 44.5 Å². The van der Waals surface area contributed by atoms with Crippen LogP contribution in [0.2, 0.25) is 0 Å². The summed E-state index contributed by atoms with van der Waals surface area (Å²) in [5, 5.41) is 18.8. The van der Waals surface area contributed by atoms with Gasteiger partial charge in [0.2, 0.25) is 0 Å². The second-order valence-corrected chi connectivity index (χ2v) is 16.8. The predicted octanol–water partition coefficient (Wildman–Crippen LogP) is 14.9. The van der Waals surface area contributed by atoms with Crippen molar-refractivity contribution in [2.24, 2.45) is 0 Å². The minimum atomic E-state index is -0.0242. The lowest BCUT2D eigenvalue weighted by Gasteiger charge is -2.23. The first-order valence-corrected chi connectivity index (χ1v) is 21.0. The van der Waals surface area contributed by atoms with Crippen LogP contribution in [0.4, 0.5) is 0 Å². The molecule has 3 nitrogen and oxygen atoms in total. The molecule has 278 valence electrons. The maximum absolute atomic E-state index is 14.4. The Hall–Kier alpha value is -8.14. The molecule has 0 amide bonds. The topological polar surface area (TPSA) is 34.4 Å². The van der Waals surface area contributed by atoms with Gasteiger partial charge in [-0.3, -0.25) is 9.20 Å². The lowest BCUT2D eigenvalue weighted by Crippen LogP contribution is -2.13. The molecule has 14 aromatic rings. The molecular formula is C58H30N2O. The van der Waals surface area contributed by atoms with Crippen LogP contribution < -0.4 is 5.56 Å². The van der Waals surface area contributed by atoms with Crippen molar-refractivity contribution in [1.82, 2.24) is 9.38 Å². The maximum atomic E-state index is 14.4. The van der Waals surface area contributed by atoms with Gasteiger partial charge in [0.15, 0.2) is 0 Å². The molecule has 1 aliphatic rings. The smallest absolute Gasteiger partial charge is 0.264 e. The van der Waals surface area contributed by atoms with Gasteiger partial charge in [0, 0.05) is 16.2 Å². The van der Waals surface area contributed by atoms with E-state index in [9.17, 15) is 4.79 Å². The largest absolute Gasteiger partial charge is 0.268 e. The third-order valence-electron chi connectivity index (χ3n) is 14.0. The molecule has 0 saturated heterocycles. The Morgan fingerprint density at radius 1 is 0.311 bits per heavy atom. The average molecular weight is 771 g/mol. The summed E-state index contributed by atoms with van der Waals surface area (Å²) in [5.74, 6) is 0. The van der Waals surface area contributed by atoms with Crippen molar-refractivity contribution in [2.75, 3.05) is 0 Å². The molecule has 0 atom stereocenters. The molecule has 0 saturated carbocycles. The Morgan fingerprint density at radius 2 is 0.721 bits per heavy atom. The highest BCUT2D eigenvalue weighted by Crippen LogP contribution is 2.61. The van der Waals surface area contributed by atoms with Gasteiger partial charge < -0.3 is 0 Å². The average Bonchev–Trinajstić information content (AvgIpc) is 3.88. The van der Waals surface area contributed by atoms with E-state index in [2.05, 4.69) is 158 Å². The van der Waals surface area contributed by atoms with E-state index in [1.165, 1.54) is 98.4 Å². The number of aromatic nitrogens is 2. The van der Waals surface area contributed by atoms with E-state index in [4.69, 9.17) is 4.98 Å². The van der Waals surface area contributed by atoms with Crippen LogP contribution in [0.15, 0.2) is 187 Å². The highest BCUT2D eigenvalue weighted by molar-refractivity contribution is 6.43. The van der Waals surface area contributed by atoms with Gasteiger partial charge in [-0.05, 0) is 139 Å². The number of hydrogen-bond acceptors (Lipinski definition) is 2. The van der Waals surface area contributed by atoms with Gasteiger partial charge in [-0.1, -0.05) is 158 Å². The number of benzene rings is 12. The molecule has 0 bridgehead atoms. The minimum Gasteiger partial charge on any atom is -0.268 e. The van der Waals surface area contributed by atoms with Crippen molar-refractivity contribution in [2.45, 2.75) is 0 Å². The number of rotatable bonds is 2. The number of para-hydroxylation sites is 2. The van der Waals surface area contributed by atoms with Crippen LogP contribution in [0.25, 0.3) is 147 Å². The highest BCUT2D eigenvalue weighted by Gasteiger charge is 2.34. The summed E-state index contributed by atoms with van der Waals surface area (Å²) in [6, 6.07) is 66.2. The third kappa shape index (κ3) is 3.77. The quantitative estimate of drug-likeness (QED) is 0.130. The molecule has 0 N–H and O–H groups in total. The van der Waals surface area contributed by atoms with Crippen molar-refractivity contribution in [3.63, 3.8) is 0 Å². The summed E-state index contributed by atoms with van der Waals surface area (Å²) in [6.45, 7) is 0. The van der Waals surface area contributed by atoms with Gasteiger partial charge in [0.25, 0.3) is 5.56 Å². The monoisotopic (exact) mass is 770 g/mol. The van der Waals surface area contributed by atoms with Crippen molar-refractivity contribution >= 4 is 103 Å². The molecule has 0 fully saturated rings. The fourth-order valence-electron chi connectivity index (χ4n) is 11.7. The zero-order chi connectivity index (χ0) is 39.7. The van der Waals surface area contributed by atoms with E-state index in [1.807, 2.05) is 24.3 Å². The Labute approximate surface area is 347 Å². The second-order valence-electron chi connectivity index (χ2n) is 16.8. The van der Waals surface area contributed by atoms with E-state index in [0.717, 1.165) is 43.4 Å². The Bertz CT molecular complexity index is 4160. The highest BCUT2D eigenvalue weighted by atomic mass is 16.1. The molecule has 12 aromatic carbocycles. The zero-order valence-electron chi connectivity index (χ0n) is 32.6. The zero-order valence-corrected chi connectivity index (χ0v) is 32.6. The van der Waals surface area contributed by atoms with E-state index in [-0.39, 0.29) is 5.56 Å². The van der Waals surface area contributed by atoms with Crippen LogP contribution in [0, 0.1) is 0 Å². The predicted molar refractivity (Wildman–Crippen MR) is 257 cm³/mol. The molecule has 0 unspecified atom stereocenters. The summed E-state index contributed by atoms with van der Waals surface area (Å²) < 4.78 is 1.80. The molecule has 3 heteroatoms. The standard InChI is InChI=1S/C58H30N2O/c61-58-44-30-26-40-38-24-28-42-51-41(27-23-37(49(38)51)39-25-29-43(52(44)50(39)40)57-59-45-21-11-12-22-46(45)60(57)58)55-47(31-13-3-1-4-14-31)53-35-19-9-7-17-33(35)34-18-8-10-20-36(34)54(53)48(56(42)55)32-15-5-2-6-16-32/h1-30H. The van der Waals surface area contributed by atoms with Gasteiger partial charge in [0.1, 0.15) is 5.65 Å². The van der Waals surface area contributed by atoms with Gasteiger partial charge in [-0.2, -0.15) is 0 Å². The summed E-state index contributed by atoms with van der Waals surface area (Å²) in [7, 11) is 0. The first-order valence-electron chi connectivity index (χ1n) is 21.0. The number of pyridine rings is 1. The SMILES string of the molecule is O=c1c2ccc3c4ccc5c6c(ccc(c7ccc(c2c37)c2nc3ccccc3n12)c64)-c1c-5c(-c2ccccc2)c2c3ccccc3c3ccccc3c2c1-c1ccccc1. The van der Waals surface area contributed by atoms with Crippen molar-refractivity contribution < 1.29 is 0 Å². The van der Waals surface area contributed by atoms with E-state index in [1.54, 1.807) is 4.40 Å². The van der Waals surface area contributed by atoms with Crippen LogP contribution in [-0.2, 0) is 0 Å². The fourth-order valence-corrected chi connectivity index (χ4v) is 11.7. The first-order chi connectivity index (χ1) is 30.2. The summed E-state index contributed by atoms with van der Waals surface area (Å²) in [6.07, 6.45) is 0.